The van der Waals surface area contributed by atoms with Gasteiger partial charge in [0.2, 0.25) is 5.91 Å². The van der Waals surface area contributed by atoms with Crippen molar-refractivity contribution in [1.82, 2.24) is 10.2 Å². The monoisotopic (exact) mass is 366 g/mol. The van der Waals surface area contributed by atoms with Gasteiger partial charge in [-0.3, -0.25) is 4.79 Å². The number of methoxy groups -OCH3 is 1. The SMILES string of the molecule is COC1CC(C(=O)N2C[C@H](CNC(=O)O)[C@H](c3ccc(Cl)cc3)C2)C1. The summed E-state index contributed by atoms with van der Waals surface area (Å²) >= 11 is 5.97. The standard InChI is InChI=1S/C18H23ClN2O4/c1-25-15-6-12(7-15)17(22)21-9-13(8-20-18(23)24)16(10-21)11-2-4-14(19)5-3-11/h2-5,12-13,15-16,20H,6-10H2,1H3,(H,23,24)/t12?,13-,15?,16-/m0/s1. The van der Waals surface area contributed by atoms with Crippen molar-refractivity contribution in [3.8, 4) is 0 Å². The van der Waals surface area contributed by atoms with E-state index in [0.717, 1.165) is 18.4 Å². The van der Waals surface area contributed by atoms with Crippen LogP contribution >= 0.6 is 11.6 Å². The lowest BCUT2D eigenvalue weighted by Gasteiger charge is -2.35. The minimum Gasteiger partial charge on any atom is -0.465 e. The number of nitrogens with zero attached hydrogens (tertiary/aromatic N) is 1. The highest BCUT2D eigenvalue weighted by Crippen LogP contribution is 2.37. The molecular weight excluding hydrogens is 344 g/mol. The quantitative estimate of drug-likeness (QED) is 0.839. The molecule has 3 rings (SSSR count). The van der Waals surface area contributed by atoms with Gasteiger partial charge in [-0.15, -0.1) is 0 Å². The first-order chi connectivity index (χ1) is 12.0. The van der Waals surface area contributed by atoms with E-state index >= 15 is 0 Å². The fraction of sp³-hybridized carbons (Fsp3) is 0.556. The van der Waals surface area contributed by atoms with Crippen LogP contribution in [0.25, 0.3) is 0 Å². The largest absolute Gasteiger partial charge is 0.465 e. The van der Waals surface area contributed by atoms with E-state index in [9.17, 15) is 9.59 Å². The van der Waals surface area contributed by atoms with E-state index in [1.807, 2.05) is 29.2 Å². The van der Waals surface area contributed by atoms with Gasteiger partial charge in [0, 0.05) is 49.5 Å². The first kappa shape index (κ1) is 18.0. The maximum absolute atomic E-state index is 12.7. The van der Waals surface area contributed by atoms with Gasteiger partial charge in [0.15, 0.2) is 0 Å². The van der Waals surface area contributed by atoms with Gasteiger partial charge in [0.1, 0.15) is 0 Å². The maximum Gasteiger partial charge on any atom is 0.404 e. The van der Waals surface area contributed by atoms with Crippen LogP contribution in [0.1, 0.15) is 24.3 Å². The number of rotatable bonds is 5. The molecule has 6 nitrogen and oxygen atoms in total. The molecule has 0 bridgehead atoms. The Labute approximate surface area is 152 Å². The van der Waals surface area contributed by atoms with Crippen molar-refractivity contribution in [2.75, 3.05) is 26.7 Å². The second-order valence-corrected chi connectivity index (χ2v) is 7.31. The van der Waals surface area contributed by atoms with Crippen LogP contribution < -0.4 is 5.32 Å². The lowest BCUT2D eigenvalue weighted by Crippen LogP contribution is -2.43. The van der Waals surface area contributed by atoms with Crippen LogP contribution in [0.4, 0.5) is 4.79 Å². The van der Waals surface area contributed by atoms with E-state index in [0.29, 0.717) is 24.7 Å². The summed E-state index contributed by atoms with van der Waals surface area (Å²) in [5, 5.41) is 12.0. The van der Waals surface area contributed by atoms with Gasteiger partial charge in [-0.05, 0) is 30.5 Å². The van der Waals surface area contributed by atoms with Gasteiger partial charge in [-0.25, -0.2) is 4.79 Å². The molecule has 2 amide bonds. The average Bonchev–Trinajstić information content (AvgIpc) is 2.97. The average molecular weight is 367 g/mol. The number of ether oxygens (including phenoxy) is 1. The molecule has 1 aromatic carbocycles. The Hall–Kier alpha value is -1.79. The van der Waals surface area contributed by atoms with Crippen molar-refractivity contribution in [2.45, 2.75) is 24.9 Å². The predicted molar refractivity (Wildman–Crippen MR) is 93.8 cm³/mol. The topological polar surface area (TPSA) is 78.9 Å². The number of hydrogen-bond donors (Lipinski definition) is 2. The molecule has 2 fully saturated rings. The number of amides is 2. The molecule has 0 radical (unpaired) electrons. The summed E-state index contributed by atoms with van der Waals surface area (Å²) in [5.41, 5.74) is 1.08. The van der Waals surface area contributed by atoms with Crippen molar-refractivity contribution >= 4 is 23.6 Å². The van der Waals surface area contributed by atoms with Crippen molar-refractivity contribution < 1.29 is 19.4 Å². The number of halogens is 1. The molecule has 0 unspecified atom stereocenters. The Morgan fingerprint density at radius 2 is 1.96 bits per heavy atom. The Morgan fingerprint density at radius 3 is 2.56 bits per heavy atom. The van der Waals surface area contributed by atoms with Crippen LogP contribution in [-0.4, -0.2) is 54.9 Å². The minimum absolute atomic E-state index is 0.0296. The van der Waals surface area contributed by atoms with Crippen LogP contribution in [0.3, 0.4) is 0 Å². The molecular formula is C18H23ClN2O4. The van der Waals surface area contributed by atoms with Crippen LogP contribution in [0.2, 0.25) is 5.02 Å². The molecule has 1 saturated carbocycles. The zero-order valence-corrected chi connectivity index (χ0v) is 14.9. The fourth-order valence-electron chi connectivity index (χ4n) is 3.78. The molecule has 0 spiro atoms. The minimum atomic E-state index is -1.04. The summed E-state index contributed by atoms with van der Waals surface area (Å²) < 4.78 is 5.26. The third-order valence-electron chi connectivity index (χ3n) is 5.34. The van der Waals surface area contributed by atoms with Gasteiger partial charge >= 0.3 is 6.09 Å². The van der Waals surface area contributed by atoms with E-state index in [4.69, 9.17) is 21.4 Å². The van der Waals surface area contributed by atoms with Gasteiger partial charge < -0.3 is 20.1 Å². The Morgan fingerprint density at radius 1 is 1.28 bits per heavy atom. The number of likely N-dealkylation sites (tertiary alicyclic amines) is 1. The third-order valence-corrected chi connectivity index (χ3v) is 5.60. The first-order valence-electron chi connectivity index (χ1n) is 8.51. The first-order valence-corrected chi connectivity index (χ1v) is 8.89. The van der Waals surface area contributed by atoms with Crippen molar-refractivity contribution in [3.63, 3.8) is 0 Å². The third kappa shape index (κ3) is 4.07. The molecule has 136 valence electrons. The van der Waals surface area contributed by atoms with E-state index in [1.165, 1.54) is 0 Å². The summed E-state index contributed by atoms with van der Waals surface area (Å²) in [6, 6.07) is 7.58. The highest BCUT2D eigenvalue weighted by Gasteiger charge is 2.42. The van der Waals surface area contributed by atoms with E-state index < -0.39 is 6.09 Å². The summed E-state index contributed by atoms with van der Waals surface area (Å²) in [7, 11) is 1.67. The molecule has 2 atom stereocenters. The van der Waals surface area contributed by atoms with Crippen LogP contribution in [-0.2, 0) is 9.53 Å². The van der Waals surface area contributed by atoms with Crippen molar-refractivity contribution in [2.24, 2.45) is 11.8 Å². The summed E-state index contributed by atoms with van der Waals surface area (Å²) in [4.78, 5) is 25.5. The highest BCUT2D eigenvalue weighted by molar-refractivity contribution is 6.30. The highest BCUT2D eigenvalue weighted by atomic mass is 35.5. The van der Waals surface area contributed by atoms with Crippen LogP contribution in [0.15, 0.2) is 24.3 Å². The fourth-order valence-corrected chi connectivity index (χ4v) is 3.91. The molecule has 7 heteroatoms. The molecule has 1 aliphatic heterocycles. The summed E-state index contributed by atoms with van der Waals surface area (Å²) in [5.74, 6) is 0.345. The Kier molecular flexibility index (Phi) is 5.49. The molecule has 2 N–H and O–H groups in total. The lowest BCUT2D eigenvalue weighted by molar-refractivity contribution is -0.142. The van der Waals surface area contributed by atoms with Gasteiger partial charge in [0.25, 0.3) is 0 Å². The van der Waals surface area contributed by atoms with Crippen molar-refractivity contribution in [1.29, 1.82) is 0 Å². The Balaban J connectivity index is 1.69. The second kappa shape index (κ2) is 7.62. The van der Waals surface area contributed by atoms with Gasteiger partial charge in [0.05, 0.1) is 6.10 Å². The van der Waals surface area contributed by atoms with Crippen LogP contribution in [0, 0.1) is 11.8 Å². The van der Waals surface area contributed by atoms with E-state index in [-0.39, 0.29) is 29.8 Å². The number of hydrogen-bond acceptors (Lipinski definition) is 3. The number of carbonyl (C=O) groups is 2. The molecule has 1 heterocycles. The summed E-state index contributed by atoms with van der Waals surface area (Å²) in [6.45, 7) is 1.51. The molecule has 1 aromatic rings. The molecule has 25 heavy (non-hydrogen) atoms. The van der Waals surface area contributed by atoms with E-state index in [1.54, 1.807) is 7.11 Å². The second-order valence-electron chi connectivity index (χ2n) is 6.87. The number of carbonyl (C=O) groups excluding carboxylic acids is 1. The zero-order chi connectivity index (χ0) is 18.0. The van der Waals surface area contributed by atoms with Gasteiger partial charge in [-0.2, -0.15) is 0 Å². The predicted octanol–water partition coefficient (Wildman–Crippen LogP) is 2.57. The lowest BCUT2D eigenvalue weighted by atomic mass is 9.81. The zero-order valence-electron chi connectivity index (χ0n) is 14.2. The molecule has 1 saturated heterocycles. The maximum atomic E-state index is 12.7. The van der Waals surface area contributed by atoms with Gasteiger partial charge in [-0.1, -0.05) is 23.7 Å². The smallest absolute Gasteiger partial charge is 0.404 e. The Bertz CT molecular complexity index is 630. The molecule has 2 aliphatic rings. The number of benzene rings is 1. The number of carboxylic acid groups (broad SMARTS) is 1. The molecule has 0 aromatic heterocycles. The number of nitrogens with one attached hydrogen (secondary N) is 1. The molecule has 1 aliphatic carbocycles. The normalized spacial score (nSPS) is 28.5. The van der Waals surface area contributed by atoms with E-state index in [2.05, 4.69) is 5.32 Å². The summed E-state index contributed by atoms with van der Waals surface area (Å²) in [6.07, 6.45) is 0.694. The van der Waals surface area contributed by atoms with Crippen molar-refractivity contribution in [3.05, 3.63) is 34.9 Å². The van der Waals surface area contributed by atoms with Crippen LogP contribution in [0.5, 0.6) is 0 Å².